The Kier molecular flexibility index (Phi) is 3.29. The summed E-state index contributed by atoms with van der Waals surface area (Å²) < 4.78 is 0. The lowest BCUT2D eigenvalue weighted by molar-refractivity contribution is 0.0486. The van der Waals surface area contributed by atoms with Gasteiger partial charge in [-0.3, -0.25) is 0 Å². The molecule has 0 bridgehead atoms. The van der Waals surface area contributed by atoms with Crippen LogP contribution in [0.1, 0.15) is 32.6 Å². The van der Waals surface area contributed by atoms with E-state index in [9.17, 15) is 5.11 Å². The zero-order valence-corrected chi connectivity index (χ0v) is 7.90. The minimum absolute atomic E-state index is 0.421. The van der Waals surface area contributed by atoms with E-state index < -0.39 is 5.60 Å². The number of rotatable bonds is 4. The van der Waals surface area contributed by atoms with Crippen LogP contribution in [-0.2, 0) is 0 Å². The molecule has 2 heteroatoms. The molecule has 0 unspecified atom stereocenters. The van der Waals surface area contributed by atoms with Crippen molar-refractivity contribution >= 4 is 0 Å². The van der Waals surface area contributed by atoms with Gasteiger partial charge in [-0.15, -0.1) is 0 Å². The van der Waals surface area contributed by atoms with Crippen LogP contribution in [-0.4, -0.2) is 23.8 Å². The van der Waals surface area contributed by atoms with Gasteiger partial charge in [0.15, 0.2) is 0 Å². The molecule has 2 N–H and O–H groups in total. The maximum absolute atomic E-state index is 9.91. The molecule has 0 aromatic carbocycles. The Morgan fingerprint density at radius 2 is 2.08 bits per heavy atom. The number of aliphatic hydroxyl groups is 1. The molecule has 0 amide bonds. The topological polar surface area (TPSA) is 32.3 Å². The van der Waals surface area contributed by atoms with Crippen LogP contribution < -0.4 is 5.32 Å². The van der Waals surface area contributed by atoms with Crippen LogP contribution in [0.2, 0.25) is 0 Å². The number of hydrogen-bond acceptors (Lipinski definition) is 2. The van der Waals surface area contributed by atoms with Gasteiger partial charge in [0.1, 0.15) is 0 Å². The first-order valence-electron chi connectivity index (χ1n) is 4.70. The van der Waals surface area contributed by atoms with E-state index in [0.29, 0.717) is 0 Å². The first-order chi connectivity index (χ1) is 5.62. The van der Waals surface area contributed by atoms with Crippen LogP contribution in [0.4, 0.5) is 0 Å². The molecule has 1 aliphatic rings. The van der Waals surface area contributed by atoms with Crippen molar-refractivity contribution in [2.45, 2.75) is 38.2 Å². The van der Waals surface area contributed by atoms with Crippen molar-refractivity contribution in [1.82, 2.24) is 5.32 Å². The van der Waals surface area contributed by atoms with E-state index in [4.69, 9.17) is 0 Å². The zero-order valence-electron chi connectivity index (χ0n) is 7.90. The third-order valence-electron chi connectivity index (χ3n) is 2.42. The predicted molar refractivity (Wildman–Crippen MR) is 51.1 cm³/mol. The molecule has 1 fully saturated rings. The summed E-state index contributed by atoms with van der Waals surface area (Å²) in [4.78, 5) is 0. The highest BCUT2D eigenvalue weighted by atomic mass is 16.3. The van der Waals surface area contributed by atoms with E-state index >= 15 is 0 Å². The second kappa shape index (κ2) is 4.06. The van der Waals surface area contributed by atoms with Crippen molar-refractivity contribution in [2.24, 2.45) is 0 Å². The van der Waals surface area contributed by atoms with Gasteiger partial charge in [0.25, 0.3) is 0 Å². The maximum atomic E-state index is 9.91. The Hall–Kier alpha value is -0.340. The molecule has 0 aromatic heterocycles. The summed E-state index contributed by atoms with van der Waals surface area (Å²) in [6, 6.07) is 0. The summed E-state index contributed by atoms with van der Waals surface area (Å²) in [7, 11) is 0. The van der Waals surface area contributed by atoms with Crippen molar-refractivity contribution < 1.29 is 5.11 Å². The quantitative estimate of drug-likeness (QED) is 0.624. The van der Waals surface area contributed by atoms with Gasteiger partial charge in [0.2, 0.25) is 0 Å². The molecule has 1 saturated carbocycles. The normalized spacial score (nSPS) is 21.2. The second-order valence-corrected chi connectivity index (χ2v) is 3.99. The van der Waals surface area contributed by atoms with Crippen molar-refractivity contribution in [3.63, 3.8) is 0 Å². The van der Waals surface area contributed by atoms with E-state index in [0.717, 1.165) is 31.5 Å². The highest BCUT2D eigenvalue weighted by Crippen LogP contribution is 2.28. The molecule has 1 aliphatic carbocycles. The first kappa shape index (κ1) is 9.75. The Bertz CT molecular complexity index is 159. The summed E-state index contributed by atoms with van der Waals surface area (Å²) in [5.74, 6) is 0. The van der Waals surface area contributed by atoms with Crippen LogP contribution in [0, 0.1) is 0 Å². The molecule has 70 valence electrons. The molecule has 0 heterocycles. The summed E-state index contributed by atoms with van der Waals surface area (Å²) in [5, 5.41) is 13.1. The third-order valence-corrected chi connectivity index (χ3v) is 2.42. The average Bonchev–Trinajstić information content (AvgIpc) is 2.35. The molecule has 0 spiro atoms. The fraction of sp³-hybridized carbons (Fsp3) is 0.800. The SMILES string of the molecule is C=C(C)CNCC1(O)CCCC1. The van der Waals surface area contributed by atoms with Gasteiger partial charge in [-0.25, -0.2) is 0 Å². The molecule has 0 aromatic rings. The lowest BCUT2D eigenvalue weighted by atomic mass is 10.0. The third kappa shape index (κ3) is 2.95. The van der Waals surface area contributed by atoms with Crippen LogP contribution in [0.15, 0.2) is 12.2 Å². The lowest BCUT2D eigenvalue weighted by Gasteiger charge is -2.22. The van der Waals surface area contributed by atoms with Gasteiger partial charge in [0, 0.05) is 13.1 Å². The largest absolute Gasteiger partial charge is 0.389 e. The molecule has 1 rings (SSSR count). The molecule has 0 radical (unpaired) electrons. The van der Waals surface area contributed by atoms with Gasteiger partial charge in [-0.05, 0) is 19.8 Å². The standard InChI is InChI=1S/C10H19NO/c1-9(2)7-11-8-10(12)5-3-4-6-10/h11-12H,1,3-8H2,2H3. The predicted octanol–water partition coefficient (Wildman–Crippen LogP) is 1.46. The van der Waals surface area contributed by atoms with Gasteiger partial charge >= 0.3 is 0 Å². The van der Waals surface area contributed by atoms with Gasteiger partial charge in [0.05, 0.1) is 5.60 Å². The summed E-state index contributed by atoms with van der Waals surface area (Å²) >= 11 is 0. The smallest absolute Gasteiger partial charge is 0.0771 e. The zero-order chi connectivity index (χ0) is 9.03. The Morgan fingerprint density at radius 3 is 2.58 bits per heavy atom. The number of hydrogen-bond donors (Lipinski definition) is 2. The summed E-state index contributed by atoms with van der Waals surface area (Å²) in [6.07, 6.45) is 4.25. The summed E-state index contributed by atoms with van der Waals surface area (Å²) in [5.41, 5.74) is 0.701. The molecule has 0 saturated heterocycles. The monoisotopic (exact) mass is 169 g/mol. The van der Waals surface area contributed by atoms with Crippen LogP contribution in [0.25, 0.3) is 0 Å². The van der Waals surface area contributed by atoms with Crippen molar-refractivity contribution in [3.8, 4) is 0 Å². The molecule has 0 atom stereocenters. The molecular weight excluding hydrogens is 150 g/mol. The molecule has 2 nitrogen and oxygen atoms in total. The van der Waals surface area contributed by atoms with Crippen LogP contribution >= 0.6 is 0 Å². The van der Waals surface area contributed by atoms with Crippen molar-refractivity contribution in [3.05, 3.63) is 12.2 Å². The molecule has 12 heavy (non-hydrogen) atoms. The second-order valence-electron chi connectivity index (χ2n) is 3.99. The van der Waals surface area contributed by atoms with Crippen molar-refractivity contribution in [1.29, 1.82) is 0 Å². The maximum Gasteiger partial charge on any atom is 0.0771 e. The minimum Gasteiger partial charge on any atom is -0.389 e. The minimum atomic E-state index is -0.421. The average molecular weight is 169 g/mol. The fourth-order valence-corrected chi connectivity index (χ4v) is 1.72. The van der Waals surface area contributed by atoms with Gasteiger partial charge in [-0.1, -0.05) is 25.0 Å². The van der Waals surface area contributed by atoms with E-state index in [1.807, 2.05) is 6.92 Å². The number of nitrogens with one attached hydrogen (secondary N) is 1. The Balaban J connectivity index is 2.17. The highest BCUT2D eigenvalue weighted by molar-refractivity contribution is 4.93. The highest BCUT2D eigenvalue weighted by Gasteiger charge is 2.30. The van der Waals surface area contributed by atoms with E-state index in [2.05, 4.69) is 11.9 Å². The molecule has 0 aliphatic heterocycles. The Morgan fingerprint density at radius 1 is 1.50 bits per heavy atom. The summed E-state index contributed by atoms with van der Waals surface area (Å²) in [6.45, 7) is 7.33. The first-order valence-corrected chi connectivity index (χ1v) is 4.70. The van der Waals surface area contributed by atoms with E-state index in [1.54, 1.807) is 0 Å². The van der Waals surface area contributed by atoms with Crippen LogP contribution in [0.5, 0.6) is 0 Å². The van der Waals surface area contributed by atoms with Crippen molar-refractivity contribution in [2.75, 3.05) is 13.1 Å². The fourth-order valence-electron chi connectivity index (χ4n) is 1.72. The lowest BCUT2D eigenvalue weighted by Crippen LogP contribution is -2.38. The van der Waals surface area contributed by atoms with E-state index in [-0.39, 0.29) is 0 Å². The molecular formula is C10H19NO. The van der Waals surface area contributed by atoms with Crippen LogP contribution in [0.3, 0.4) is 0 Å². The van der Waals surface area contributed by atoms with Gasteiger partial charge in [-0.2, -0.15) is 0 Å². The van der Waals surface area contributed by atoms with E-state index in [1.165, 1.54) is 12.8 Å². The van der Waals surface area contributed by atoms with Gasteiger partial charge < -0.3 is 10.4 Å². The Labute approximate surface area is 74.7 Å².